The number of hydrogen-bond donors (Lipinski definition) is 4. The number of fused-ring (bicyclic) bond motifs is 3. The van der Waals surface area contributed by atoms with Crippen molar-refractivity contribution in [1.82, 2.24) is 35.3 Å². The van der Waals surface area contributed by atoms with E-state index in [2.05, 4.69) is 45.0 Å². The number of aliphatic imine (C=N–C) groups is 1. The van der Waals surface area contributed by atoms with Crippen LogP contribution in [0.15, 0.2) is 83.3 Å². The number of anilines is 1. The Hall–Kier alpha value is -6.31. The van der Waals surface area contributed by atoms with Gasteiger partial charge in [-0.05, 0) is 81.0 Å². The Labute approximate surface area is 425 Å². The first-order valence-corrected chi connectivity index (χ1v) is 25.5. The number of thiazole rings is 1. The topological polar surface area (TPSA) is 202 Å². The maximum Gasteiger partial charge on any atom is 0.246 e. The van der Waals surface area contributed by atoms with Crippen molar-refractivity contribution in [1.29, 1.82) is 0 Å². The summed E-state index contributed by atoms with van der Waals surface area (Å²) in [5.41, 5.74) is 8.15. The summed E-state index contributed by atoms with van der Waals surface area (Å²) in [4.78, 5) is 68.0. The van der Waals surface area contributed by atoms with Crippen LogP contribution in [-0.2, 0) is 23.9 Å². The van der Waals surface area contributed by atoms with Gasteiger partial charge in [0.15, 0.2) is 5.82 Å². The molecule has 4 amide bonds. The van der Waals surface area contributed by atoms with Gasteiger partial charge in [-0.2, -0.15) is 0 Å². The highest BCUT2D eigenvalue weighted by Gasteiger charge is 2.45. The van der Waals surface area contributed by atoms with Gasteiger partial charge in [0.25, 0.3) is 0 Å². The molecule has 8 rings (SSSR count). The fraction of sp³-hybridized carbons (Fsp3) is 0.385. The van der Waals surface area contributed by atoms with E-state index < -0.39 is 47.4 Å². The van der Waals surface area contributed by atoms with Crippen LogP contribution in [0.25, 0.3) is 15.4 Å². The van der Waals surface area contributed by atoms with E-state index in [1.807, 2.05) is 100 Å². The Morgan fingerprint density at radius 3 is 2.37 bits per heavy atom. The predicted molar refractivity (Wildman–Crippen MR) is 276 cm³/mol. The maximum atomic E-state index is 14.2. The van der Waals surface area contributed by atoms with Crippen molar-refractivity contribution in [2.45, 2.75) is 98.5 Å². The average Bonchev–Trinajstić information content (AvgIpc) is 4.10. The van der Waals surface area contributed by atoms with Crippen molar-refractivity contribution in [2.24, 2.45) is 10.4 Å². The van der Waals surface area contributed by atoms with E-state index in [1.54, 1.807) is 46.9 Å². The summed E-state index contributed by atoms with van der Waals surface area (Å²) in [6.07, 6.45) is -0.845. The zero-order valence-corrected chi connectivity index (χ0v) is 43.3. The number of benzene rings is 3. The third kappa shape index (κ3) is 11.6. The van der Waals surface area contributed by atoms with Crippen molar-refractivity contribution in [3.63, 3.8) is 0 Å². The van der Waals surface area contributed by atoms with Crippen LogP contribution < -0.4 is 20.7 Å². The SMILES string of the molecule is Cc1ncsc1-c1ccc([C@H](C)NC(=O)[C@@H]2C[C@@H](O)CN2C(=O)C(NC(=O)COCCOc2cccc(NC(=O)C[C@@H]3N=C(c4ccc(Cl)cc4)c4c(sc(C)c4C)-n4c(C)nnc43)c2)C(C)(C)C)cc1. The largest absolute Gasteiger partial charge is 0.491 e. The van der Waals surface area contributed by atoms with E-state index in [1.165, 1.54) is 4.90 Å². The molecule has 19 heteroatoms. The molecule has 2 aliphatic heterocycles. The number of rotatable bonds is 16. The molecule has 372 valence electrons. The lowest BCUT2D eigenvalue weighted by molar-refractivity contribution is -0.144. The molecular weight excluding hydrogens is 962 g/mol. The number of likely N-dealkylation sites (tertiary alicyclic amines) is 1. The summed E-state index contributed by atoms with van der Waals surface area (Å²) in [5.74, 6) is 0.0639. The number of hydrogen-bond acceptors (Lipinski definition) is 13. The summed E-state index contributed by atoms with van der Waals surface area (Å²) in [6.45, 7) is 15.1. The molecule has 0 saturated carbocycles. The van der Waals surface area contributed by atoms with Gasteiger partial charge in [0, 0.05) is 45.7 Å². The molecule has 5 heterocycles. The van der Waals surface area contributed by atoms with Crippen LogP contribution in [0.3, 0.4) is 0 Å². The second-order valence-corrected chi connectivity index (χ2v) is 21.5. The molecule has 0 radical (unpaired) electrons. The minimum absolute atomic E-state index is 0.00903. The highest BCUT2D eigenvalue weighted by atomic mass is 35.5. The number of amides is 4. The van der Waals surface area contributed by atoms with E-state index in [4.69, 9.17) is 26.1 Å². The predicted octanol–water partition coefficient (Wildman–Crippen LogP) is 8.03. The number of β-amino-alcohol motifs (C(OH)–C–C–N with tert-alkyl or cyclic N) is 1. The lowest BCUT2D eigenvalue weighted by atomic mass is 9.85. The van der Waals surface area contributed by atoms with Crippen molar-refractivity contribution in [3.05, 3.63) is 128 Å². The molecule has 16 nitrogen and oxygen atoms in total. The molecule has 4 N–H and O–H groups in total. The molecule has 1 unspecified atom stereocenters. The molecule has 71 heavy (non-hydrogen) atoms. The van der Waals surface area contributed by atoms with Crippen LogP contribution in [0.4, 0.5) is 5.69 Å². The van der Waals surface area contributed by atoms with Gasteiger partial charge in [0.1, 0.15) is 47.9 Å². The quantitative estimate of drug-likeness (QED) is 0.0688. The molecule has 3 aromatic heterocycles. The number of aliphatic hydroxyl groups is 1. The third-order valence-corrected chi connectivity index (χ3v) is 15.1. The Bertz CT molecular complexity index is 2960. The number of carbonyl (C=O) groups excluding carboxylic acids is 4. The molecule has 2 aliphatic rings. The standard InChI is InChI=1S/C52H58ClN9O7S2/c1-28-31(4)71-51-44(28)45(34-16-18-36(53)19-17-34)57-40(48-60-59-32(5)62(48)51)24-42(64)56-37-10-9-11-39(22-37)69-21-20-68-26-43(65)58-47(52(6,7)8)50(67)61-25-38(63)23-41(61)49(66)55-29(2)33-12-14-35(15-13-33)46-30(3)54-27-70-46/h9-19,22,27,29,38,40-41,47,63H,20-21,23-26H2,1-8H3,(H,55,66)(H,56,64)(H,58,65)/t29-,38+,40-,41-,47?/m0/s1. The van der Waals surface area contributed by atoms with Gasteiger partial charge >= 0.3 is 0 Å². The van der Waals surface area contributed by atoms with Crippen LogP contribution in [-0.4, -0.2) is 104 Å². The molecular formula is C52H58ClN9O7S2. The number of nitrogens with one attached hydrogen (secondary N) is 3. The van der Waals surface area contributed by atoms with Crippen LogP contribution in [0.1, 0.15) is 97.1 Å². The number of aryl methyl sites for hydroxylation is 3. The van der Waals surface area contributed by atoms with Crippen LogP contribution >= 0.6 is 34.3 Å². The zero-order valence-electron chi connectivity index (χ0n) is 40.9. The van der Waals surface area contributed by atoms with Gasteiger partial charge < -0.3 is 35.4 Å². The summed E-state index contributed by atoms with van der Waals surface area (Å²) in [7, 11) is 0. The van der Waals surface area contributed by atoms with Crippen LogP contribution in [0.5, 0.6) is 5.75 Å². The van der Waals surface area contributed by atoms with Gasteiger partial charge in [-0.3, -0.25) is 28.7 Å². The second-order valence-electron chi connectivity index (χ2n) is 19.0. The lowest BCUT2D eigenvalue weighted by Gasteiger charge is -2.35. The number of carbonyl (C=O) groups is 4. The molecule has 1 saturated heterocycles. The molecule has 0 aliphatic carbocycles. The van der Waals surface area contributed by atoms with E-state index in [0.717, 1.165) is 54.0 Å². The normalized spacial score (nSPS) is 17.4. The fourth-order valence-corrected chi connectivity index (χ4v) is 10.9. The number of aliphatic hydroxyl groups excluding tert-OH is 1. The first-order valence-electron chi connectivity index (χ1n) is 23.4. The van der Waals surface area contributed by atoms with E-state index >= 15 is 0 Å². The van der Waals surface area contributed by atoms with Gasteiger partial charge in [-0.15, -0.1) is 32.9 Å². The van der Waals surface area contributed by atoms with Crippen LogP contribution in [0.2, 0.25) is 5.02 Å². The fourth-order valence-electron chi connectivity index (χ4n) is 8.79. The Kier molecular flexibility index (Phi) is 15.5. The number of aromatic nitrogens is 4. The third-order valence-electron chi connectivity index (χ3n) is 12.6. The van der Waals surface area contributed by atoms with Crippen molar-refractivity contribution >= 4 is 69.3 Å². The number of nitrogens with zero attached hydrogens (tertiary/aromatic N) is 6. The molecule has 3 aromatic carbocycles. The second kappa shape index (κ2) is 21.6. The minimum Gasteiger partial charge on any atom is -0.491 e. The van der Waals surface area contributed by atoms with Crippen molar-refractivity contribution in [2.75, 3.05) is 31.7 Å². The van der Waals surface area contributed by atoms with Crippen molar-refractivity contribution in [3.8, 4) is 21.2 Å². The molecule has 0 bridgehead atoms. The van der Waals surface area contributed by atoms with E-state index in [-0.39, 0.29) is 51.2 Å². The highest BCUT2D eigenvalue weighted by Crippen LogP contribution is 2.40. The zero-order chi connectivity index (χ0) is 50.7. The summed E-state index contributed by atoms with van der Waals surface area (Å²) < 4.78 is 13.6. The molecule has 0 spiro atoms. The van der Waals surface area contributed by atoms with Crippen molar-refractivity contribution < 1.29 is 33.8 Å². The Balaban J connectivity index is 0.831. The monoisotopic (exact) mass is 1020 g/mol. The van der Waals surface area contributed by atoms with Gasteiger partial charge in [-0.1, -0.05) is 74.8 Å². The van der Waals surface area contributed by atoms with Gasteiger partial charge in [-0.25, -0.2) is 4.98 Å². The number of halogens is 1. The Morgan fingerprint density at radius 2 is 1.66 bits per heavy atom. The van der Waals surface area contributed by atoms with E-state index in [9.17, 15) is 24.3 Å². The summed E-state index contributed by atoms with van der Waals surface area (Å²) >= 11 is 9.47. The van der Waals surface area contributed by atoms with E-state index in [0.29, 0.717) is 28.1 Å². The Morgan fingerprint density at radius 1 is 0.930 bits per heavy atom. The van der Waals surface area contributed by atoms with Crippen LogP contribution in [0, 0.1) is 33.1 Å². The van der Waals surface area contributed by atoms with Gasteiger partial charge in [0.05, 0.1) is 47.0 Å². The molecule has 6 aromatic rings. The maximum absolute atomic E-state index is 14.2. The summed E-state index contributed by atoms with van der Waals surface area (Å²) in [6, 6.07) is 19.4. The smallest absolute Gasteiger partial charge is 0.246 e. The average molecular weight is 1020 g/mol. The summed E-state index contributed by atoms with van der Waals surface area (Å²) in [5, 5.41) is 30.0. The molecule has 1 fully saturated rings. The first-order chi connectivity index (χ1) is 33.9. The number of ether oxygens (including phenoxy) is 2. The van der Waals surface area contributed by atoms with Gasteiger partial charge in [0.2, 0.25) is 23.6 Å². The highest BCUT2D eigenvalue weighted by molar-refractivity contribution is 7.15. The number of thiophene rings is 1. The minimum atomic E-state index is -1.02. The first kappa shape index (κ1) is 51.1. The molecule has 5 atom stereocenters. The lowest BCUT2D eigenvalue weighted by Crippen LogP contribution is -2.58.